The van der Waals surface area contributed by atoms with Crippen molar-refractivity contribution in [2.45, 2.75) is 39.0 Å². The first-order chi connectivity index (χ1) is 8.65. The average Bonchev–Trinajstić information content (AvgIpc) is 2.35. The van der Waals surface area contributed by atoms with E-state index < -0.39 is 0 Å². The van der Waals surface area contributed by atoms with E-state index in [1.165, 1.54) is 18.4 Å². The van der Waals surface area contributed by atoms with Gasteiger partial charge in [-0.05, 0) is 44.2 Å². The zero-order valence-electron chi connectivity index (χ0n) is 10.5. The maximum atomic E-state index is 11.9. The normalized spacial score (nSPS) is 15.1. The molecule has 96 valence electrons. The van der Waals surface area contributed by atoms with Gasteiger partial charge >= 0.3 is 0 Å². The molecule has 1 aromatic rings. The van der Waals surface area contributed by atoms with E-state index in [4.69, 9.17) is 11.6 Å². The maximum absolute atomic E-state index is 11.9. The van der Waals surface area contributed by atoms with Gasteiger partial charge in [0.2, 0.25) is 5.91 Å². The van der Waals surface area contributed by atoms with E-state index in [1.54, 1.807) is 6.20 Å². The van der Waals surface area contributed by atoms with Crippen LogP contribution in [-0.4, -0.2) is 10.9 Å². The van der Waals surface area contributed by atoms with E-state index in [2.05, 4.69) is 16.4 Å². The summed E-state index contributed by atoms with van der Waals surface area (Å²) in [6.45, 7) is 1.87. The van der Waals surface area contributed by atoms with Crippen LogP contribution >= 0.6 is 11.6 Å². The van der Waals surface area contributed by atoms with Crippen LogP contribution in [0.15, 0.2) is 23.9 Å². The molecule has 0 radical (unpaired) electrons. The highest BCUT2D eigenvalue weighted by Gasteiger charge is 2.09. The second-order valence-corrected chi connectivity index (χ2v) is 5.02. The van der Waals surface area contributed by atoms with Crippen molar-refractivity contribution in [3.05, 3.63) is 34.6 Å². The van der Waals surface area contributed by atoms with Gasteiger partial charge in [-0.3, -0.25) is 4.79 Å². The van der Waals surface area contributed by atoms with Crippen LogP contribution in [-0.2, 0) is 4.79 Å². The second-order valence-electron chi connectivity index (χ2n) is 4.66. The summed E-state index contributed by atoms with van der Waals surface area (Å²) < 4.78 is 0. The summed E-state index contributed by atoms with van der Waals surface area (Å²) >= 11 is 5.84. The van der Waals surface area contributed by atoms with Crippen molar-refractivity contribution in [2.75, 3.05) is 5.32 Å². The van der Waals surface area contributed by atoms with Crippen molar-refractivity contribution in [2.24, 2.45) is 0 Å². The smallest absolute Gasteiger partial charge is 0.228 e. The van der Waals surface area contributed by atoms with Gasteiger partial charge in [-0.25, -0.2) is 4.98 Å². The summed E-state index contributed by atoms with van der Waals surface area (Å²) in [5.74, 6) is 0.0201. The number of allylic oxidation sites excluding steroid dienone is 1. The maximum Gasteiger partial charge on any atom is 0.228 e. The number of rotatable bonds is 3. The number of pyridine rings is 1. The van der Waals surface area contributed by atoms with Gasteiger partial charge in [0.15, 0.2) is 0 Å². The highest BCUT2D eigenvalue weighted by molar-refractivity contribution is 6.30. The zero-order chi connectivity index (χ0) is 13.0. The molecular formula is C14H17ClN2O. The molecule has 18 heavy (non-hydrogen) atoms. The van der Waals surface area contributed by atoms with Gasteiger partial charge < -0.3 is 5.32 Å². The Balaban J connectivity index is 1.94. The molecule has 0 spiro atoms. The van der Waals surface area contributed by atoms with Gasteiger partial charge in [0.05, 0.1) is 11.9 Å². The number of carbonyl (C=O) groups excluding carboxylic acids is 1. The van der Waals surface area contributed by atoms with Crippen LogP contribution in [0.4, 0.5) is 5.69 Å². The fraction of sp³-hybridized carbons (Fsp3) is 0.429. The Kier molecular flexibility index (Phi) is 4.37. The molecular weight excluding hydrogens is 248 g/mol. The van der Waals surface area contributed by atoms with Crippen LogP contribution in [0.1, 0.15) is 37.7 Å². The number of anilines is 1. The van der Waals surface area contributed by atoms with Crippen LogP contribution in [0, 0.1) is 6.92 Å². The topological polar surface area (TPSA) is 42.0 Å². The number of aryl methyl sites for hydroxylation is 1. The highest BCUT2D eigenvalue weighted by Crippen LogP contribution is 2.21. The van der Waals surface area contributed by atoms with Crippen molar-refractivity contribution in [3.63, 3.8) is 0 Å². The van der Waals surface area contributed by atoms with Crippen LogP contribution in [0.5, 0.6) is 0 Å². The Labute approximate surface area is 112 Å². The number of carbonyl (C=O) groups is 1. The molecule has 0 aliphatic heterocycles. The van der Waals surface area contributed by atoms with Gasteiger partial charge in [0, 0.05) is 6.42 Å². The summed E-state index contributed by atoms with van der Waals surface area (Å²) in [4.78, 5) is 15.9. The lowest BCUT2D eigenvalue weighted by Gasteiger charge is -2.12. The summed E-state index contributed by atoms with van der Waals surface area (Å²) in [6.07, 6.45) is 8.85. The third-order valence-electron chi connectivity index (χ3n) is 3.07. The van der Waals surface area contributed by atoms with E-state index in [0.29, 0.717) is 17.3 Å². The molecule has 4 heteroatoms. The van der Waals surface area contributed by atoms with Crippen molar-refractivity contribution < 1.29 is 4.79 Å². The molecule has 1 N–H and O–H groups in total. The number of hydrogen-bond donors (Lipinski definition) is 1. The van der Waals surface area contributed by atoms with E-state index >= 15 is 0 Å². The van der Waals surface area contributed by atoms with E-state index in [9.17, 15) is 4.79 Å². The lowest BCUT2D eigenvalue weighted by molar-refractivity contribution is -0.115. The Morgan fingerprint density at radius 2 is 2.33 bits per heavy atom. The average molecular weight is 265 g/mol. The van der Waals surface area contributed by atoms with Crippen molar-refractivity contribution in [3.8, 4) is 0 Å². The van der Waals surface area contributed by atoms with Crippen LogP contribution < -0.4 is 5.32 Å². The predicted octanol–water partition coefficient (Wildman–Crippen LogP) is 3.87. The molecule has 0 bridgehead atoms. The fourth-order valence-electron chi connectivity index (χ4n) is 2.10. The number of nitrogens with one attached hydrogen (secondary N) is 1. The van der Waals surface area contributed by atoms with Gasteiger partial charge in [-0.2, -0.15) is 0 Å². The minimum absolute atomic E-state index is 0.0201. The van der Waals surface area contributed by atoms with Crippen LogP contribution in [0.3, 0.4) is 0 Å². The van der Waals surface area contributed by atoms with Gasteiger partial charge in [0.25, 0.3) is 0 Å². The Morgan fingerprint density at radius 1 is 1.50 bits per heavy atom. The van der Waals surface area contributed by atoms with Gasteiger partial charge in [-0.1, -0.05) is 23.3 Å². The SMILES string of the molecule is Cc1cc(NC(=O)CC2=CCCCC2)cnc1Cl. The predicted molar refractivity (Wildman–Crippen MR) is 73.8 cm³/mol. The summed E-state index contributed by atoms with van der Waals surface area (Å²) in [5, 5.41) is 3.33. The first-order valence-electron chi connectivity index (χ1n) is 6.25. The first kappa shape index (κ1) is 13.1. The molecule has 1 aromatic heterocycles. The Morgan fingerprint density at radius 3 is 3.00 bits per heavy atom. The summed E-state index contributed by atoms with van der Waals surface area (Å²) in [7, 11) is 0. The number of aromatic nitrogens is 1. The molecule has 1 amide bonds. The minimum atomic E-state index is 0.0201. The van der Waals surface area contributed by atoms with Crippen LogP contribution in [0.2, 0.25) is 5.15 Å². The van der Waals surface area contributed by atoms with Crippen LogP contribution in [0.25, 0.3) is 0 Å². The second kappa shape index (κ2) is 6.01. The number of amides is 1. The van der Waals surface area contributed by atoms with E-state index in [1.807, 2.05) is 13.0 Å². The van der Waals surface area contributed by atoms with Gasteiger partial charge in [0.1, 0.15) is 5.15 Å². The molecule has 0 fully saturated rings. The van der Waals surface area contributed by atoms with E-state index in [0.717, 1.165) is 18.4 Å². The Hall–Kier alpha value is -1.35. The monoisotopic (exact) mass is 264 g/mol. The third kappa shape index (κ3) is 3.57. The minimum Gasteiger partial charge on any atom is -0.324 e. The number of halogens is 1. The number of nitrogens with zero attached hydrogens (tertiary/aromatic N) is 1. The third-order valence-corrected chi connectivity index (χ3v) is 3.47. The standard InChI is InChI=1S/C14H17ClN2O/c1-10-7-12(9-16-14(10)15)17-13(18)8-11-5-3-2-4-6-11/h5,7,9H,2-4,6,8H2,1H3,(H,17,18). The zero-order valence-corrected chi connectivity index (χ0v) is 11.3. The molecule has 1 aliphatic carbocycles. The van der Waals surface area contributed by atoms with Gasteiger partial charge in [-0.15, -0.1) is 0 Å². The molecule has 0 unspecified atom stereocenters. The van der Waals surface area contributed by atoms with E-state index in [-0.39, 0.29) is 5.91 Å². The molecule has 0 saturated heterocycles. The molecule has 1 aliphatic rings. The number of hydrogen-bond acceptors (Lipinski definition) is 2. The highest BCUT2D eigenvalue weighted by atomic mass is 35.5. The molecule has 1 heterocycles. The van der Waals surface area contributed by atoms with Crippen molar-refractivity contribution in [1.29, 1.82) is 0 Å². The lowest BCUT2D eigenvalue weighted by Crippen LogP contribution is -2.13. The molecule has 2 rings (SSSR count). The quantitative estimate of drug-likeness (QED) is 0.665. The summed E-state index contributed by atoms with van der Waals surface area (Å²) in [6, 6.07) is 1.84. The van der Waals surface area contributed by atoms with Crippen molar-refractivity contribution >= 4 is 23.2 Å². The summed E-state index contributed by atoms with van der Waals surface area (Å²) in [5.41, 5.74) is 2.82. The van der Waals surface area contributed by atoms with Crippen molar-refractivity contribution in [1.82, 2.24) is 4.98 Å². The lowest BCUT2D eigenvalue weighted by atomic mass is 9.97. The molecule has 0 atom stereocenters. The molecule has 0 saturated carbocycles. The molecule has 0 aromatic carbocycles. The fourth-order valence-corrected chi connectivity index (χ4v) is 2.21. The first-order valence-corrected chi connectivity index (χ1v) is 6.63. The molecule has 3 nitrogen and oxygen atoms in total. The largest absolute Gasteiger partial charge is 0.324 e. The Bertz CT molecular complexity index is 483.